The Bertz CT molecular complexity index is 356. The van der Waals surface area contributed by atoms with E-state index < -0.39 is 0 Å². The Labute approximate surface area is 90.1 Å². The van der Waals surface area contributed by atoms with Crippen LogP contribution in [-0.2, 0) is 6.61 Å². The molecule has 0 radical (unpaired) electrons. The second kappa shape index (κ2) is 4.45. The normalized spacial score (nSPS) is 16.4. The van der Waals surface area contributed by atoms with Crippen molar-refractivity contribution >= 4 is 5.82 Å². The molecule has 2 rings (SSSR count). The molecule has 15 heavy (non-hydrogen) atoms. The van der Waals surface area contributed by atoms with E-state index in [0.29, 0.717) is 0 Å². The molecule has 2 heterocycles. The summed E-state index contributed by atoms with van der Waals surface area (Å²) in [5.74, 6) is 1.000. The van der Waals surface area contributed by atoms with Gasteiger partial charge in [0, 0.05) is 19.3 Å². The Hall–Kier alpha value is -1.35. The van der Waals surface area contributed by atoms with E-state index in [-0.39, 0.29) is 6.61 Å². The van der Waals surface area contributed by atoms with Crippen LogP contribution in [0.15, 0.2) is 30.0 Å². The van der Waals surface area contributed by atoms with Crippen molar-refractivity contribution in [2.45, 2.75) is 20.0 Å². The van der Waals surface area contributed by atoms with Gasteiger partial charge in [0.25, 0.3) is 0 Å². The van der Waals surface area contributed by atoms with Crippen molar-refractivity contribution in [1.29, 1.82) is 0 Å². The first-order valence-electron chi connectivity index (χ1n) is 5.26. The highest BCUT2D eigenvalue weighted by atomic mass is 16.3. The van der Waals surface area contributed by atoms with Gasteiger partial charge in [0.2, 0.25) is 0 Å². The zero-order valence-corrected chi connectivity index (χ0v) is 8.98. The zero-order valence-electron chi connectivity index (χ0n) is 8.98. The molecule has 3 nitrogen and oxygen atoms in total. The molecule has 3 heteroatoms. The fourth-order valence-electron chi connectivity index (χ4n) is 1.80. The SMILES string of the molecule is CC1=CCCN(c2ccc(CO)cn2)C1. The number of anilines is 1. The third-order valence-electron chi connectivity index (χ3n) is 2.65. The second-order valence-corrected chi connectivity index (χ2v) is 3.94. The first kappa shape index (κ1) is 10.2. The van der Waals surface area contributed by atoms with Crippen molar-refractivity contribution in [3.8, 4) is 0 Å². The summed E-state index contributed by atoms with van der Waals surface area (Å²) < 4.78 is 0. The Kier molecular flexibility index (Phi) is 3.02. The van der Waals surface area contributed by atoms with Crippen molar-refractivity contribution in [3.63, 3.8) is 0 Å². The Morgan fingerprint density at radius 2 is 2.33 bits per heavy atom. The molecule has 0 aromatic carbocycles. The van der Waals surface area contributed by atoms with E-state index in [2.05, 4.69) is 22.9 Å². The summed E-state index contributed by atoms with van der Waals surface area (Å²) in [7, 11) is 0. The lowest BCUT2D eigenvalue weighted by Gasteiger charge is -2.27. The van der Waals surface area contributed by atoms with Crippen LogP contribution in [-0.4, -0.2) is 23.2 Å². The maximum Gasteiger partial charge on any atom is 0.128 e. The maximum absolute atomic E-state index is 8.92. The molecule has 1 aromatic rings. The van der Waals surface area contributed by atoms with Gasteiger partial charge in [-0.05, 0) is 25.0 Å². The van der Waals surface area contributed by atoms with Gasteiger partial charge in [0.1, 0.15) is 5.82 Å². The van der Waals surface area contributed by atoms with E-state index in [4.69, 9.17) is 5.11 Å². The average Bonchev–Trinajstić information content (AvgIpc) is 2.29. The summed E-state index contributed by atoms with van der Waals surface area (Å²) in [6, 6.07) is 3.90. The molecule has 0 saturated heterocycles. The zero-order chi connectivity index (χ0) is 10.7. The van der Waals surface area contributed by atoms with Gasteiger partial charge in [-0.25, -0.2) is 4.98 Å². The molecule has 80 valence electrons. The van der Waals surface area contributed by atoms with E-state index in [0.717, 1.165) is 30.9 Å². The van der Waals surface area contributed by atoms with Crippen molar-refractivity contribution in [2.24, 2.45) is 0 Å². The van der Waals surface area contributed by atoms with Crippen LogP contribution in [0, 0.1) is 0 Å². The van der Waals surface area contributed by atoms with E-state index in [1.165, 1.54) is 5.57 Å². The third-order valence-corrected chi connectivity index (χ3v) is 2.65. The van der Waals surface area contributed by atoms with Crippen LogP contribution in [0.4, 0.5) is 5.82 Å². The fourth-order valence-corrected chi connectivity index (χ4v) is 1.80. The molecule has 1 N–H and O–H groups in total. The second-order valence-electron chi connectivity index (χ2n) is 3.94. The van der Waals surface area contributed by atoms with E-state index >= 15 is 0 Å². The van der Waals surface area contributed by atoms with Gasteiger partial charge in [-0.15, -0.1) is 0 Å². The van der Waals surface area contributed by atoms with Gasteiger partial charge in [0.05, 0.1) is 6.61 Å². The standard InChI is InChI=1S/C12H16N2O/c1-10-3-2-6-14(8-10)12-5-4-11(9-15)7-13-12/h3-5,7,15H,2,6,8-9H2,1H3. The molecule has 0 unspecified atom stereocenters. The molecule has 1 aliphatic heterocycles. The molecule has 0 amide bonds. The van der Waals surface area contributed by atoms with E-state index in [1.807, 2.05) is 12.1 Å². The van der Waals surface area contributed by atoms with Crippen LogP contribution in [0.5, 0.6) is 0 Å². The average molecular weight is 204 g/mol. The van der Waals surface area contributed by atoms with Crippen LogP contribution in [0.25, 0.3) is 0 Å². The number of pyridine rings is 1. The van der Waals surface area contributed by atoms with Crippen LogP contribution < -0.4 is 4.90 Å². The van der Waals surface area contributed by atoms with Crippen LogP contribution in [0.2, 0.25) is 0 Å². The van der Waals surface area contributed by atoms with Gasteiger partial charge in [-0.3, -0.25) is 0 Å². The van der Waals surface area contributed by atoms with Crippen LogP contribution >= 0.6 is 0 Å². The third kappa shape index (κ3) is 2.36. The predicted octanol–water partition coefficient (Wildman–Crippen LogP) is 1.73. The maximum atomic E-state index is 8.92. The highest BCUT2D eigenvalue weighted by molar-refractivity contribution is 5.42. The molecule has 1 aliphatic rings. The highest BCUT2D eigenvalue weighted by Crippen LogP contribution is 2.17. The summed E-state index contributed by atoms with van der Waals surface area (Å²) in [5.41, 5.74) is 2.26. The lowest BCUT2D eigenvalue weighted by molar-refractivity contribution is 0.281. The minimum absolute atomic E-state index is 0.0617. The Morgan fingerprint density at radius 1 is 1.47 bits per heavy atom. The monoisotopic (exact) mass is 204 g/mol. The Morgan fingerprint density at radius 3 is 2.93 bits per heavy atom. The van der Waals surface area contributed by atoms with Gasteiger partial charge >= 0.3 is 0 Å². The quantitative estimate of drug-likeness (QED) is 0.745. The minimum atomic E-state index is 0.0617. The van der Waals surface area contributed by atoms with Crippen molar-refractivity contribution in [3.05, 3.63) is 35.5 Å². The van der Waals surface area contributed by atoms with Gasteiger partial charge in [-0.2, -0.15) is 0 Å². The summed E-state index contributed by atoms with van der Waals surface area (Å²) in [6.07, 6.45) is 5.11. The molecular weight excluding hydrogens is 188 g/mol. The lowest BCUT2D eigenvalue weighted by Crippen LogP contribution is -2.29. The number of hydrogen-bond acceptors (Lipinski definition) is 3. The number of nitrogens with zero attached hydrogens (tertiary/aromatic N) is 2. The van der Waals surface area contributed by atoms with Crippen molar-refractivity contribution in [1.82, 2.24) is 4.98 Å². The number of hydrogen-bond donors (Lipinski definition) is 1. The van der Waals surface area contributed by atoms with Gasteiger partial charge < -0.3 is 10.0 Å². The predicted molar refractivity (Wildman–Crippen MR) is 60.7 cm³/mol. The molecule has 0 saturated carbocycles. The number of aromatic nitrogens is 1. The first-order chi connectivity index (χ1) is 7.29. The molecule has 1 aromatic heterocycles. The number of aliphatic hydroxyl groups excluding tert-OH is 1. The number of aliphatic hydroxyl groups is 1. The molecular formula is C12H16N2O. The highest BCUT2D eigenvalue weighted by Gasteiger charge is 2.11. The smallest absolute Gasteiger partial charge is 0.128 e. The van der Waals surface area contributed by atoms with Gasteiger partial charge in [-0.1, -0.05) is 17.7 Å². The van der Waals surface area contributed by atoms with Crippen LogP contribution in [0.3, 0.4) is 0 Å². The summed E-state index contributed by atoms with van der Waals surface area (Å²) >= 11 is 0. The van der Waals surface area contributed by atoms with E-state index in [9.17, 15) is 0 Å². The fraction of sp³-hybridized carbons (Fsp3) is 0.417. The molecule has 0 spiro atoms. The topological polar surface area (TPSA) is 36.4 Å². The largest absolute Gasteiger partial charge is 0.392 e. The minimum Gasteiger partial charge on any atom is -0.392 e. The van der Waals surface area contributed by atoms with Gasteiger partial charge in [0.15, 0.2) is 0 Å². The lowest BCUT2D eigenvalue weighted by atomic mass is 10.1. The van der Waals surface area contributed by atoms with Crippen molar-refractivity contribution in [2.75, 3.05) is 18.0 Å². The van der Waals surface area contributed by atoms with Crippen molar-refractivity contribution < 1.29 is 5.11 Å². The van der Waals surface area contributed by atoms with Crippen LogP contribution in [0.1, 0.15) is 18.9 Å². The summed E-state index contributed by atoms with van der Waals surface area (Å²) in [4.78, 5) is 6.61. The Balaban J connectivity index is 2.12. The molecule has 0 bridgehead atoms. The number of rotatable bonds is 2. The summed E-state index contributed by atoms with van der Waals surface area (Å²) in [6.45, 7) is 4.20. The first-order valence-corrected chi connectivity index (χ1v) is 5.26. The molecule has 0 atom stereocenters. The molecule has 0 aliphatic carbocycles. The van der Waals surface area contributed by atoms with E-state index in [1.54, 1.807) is 6.20 Å². The summed E-state index contributed by atoms with van der Waals surface area (Å²) in [5, 5.41) is 8.92. The molecule has 0 fully saturated rings.